The number of aromatic hydroxyl groups is 1. The van der Waals surface area contributed by atoms with Crippen LogP contribution in [0.2, 0.25) is 0 Å². The van der Waals surface area contributed by atoms with Crippen molar-refractivity contribution in [2.45, 2.75) is 106 Å². The Morgan fingerprint density at radius 3 is 2.16 bits per heavy atom. The van der Waals surface area contributed by atoms with Crippen molar-refractivity contribution in [1.29, 1.82) is 0 Å². The summed E-state index contributed by atoms with van der Waals surface area (Å²) >= 11 is 0.978. The maximum atomic E-state index is 14.7. The molecule has 0 saturated carbocycles. The number of hydrogen-bond donors (Lipinski definition) is 14. The third-order valence-electron chi connectivity index (χ3n) is 13.9. The normalized spacial score (nSPS) is 27.3. The number of aliphatic hydroxyl groups excluding tert-OH is 3. The van der Waals surface area contributed by atoms with E-state index in [4.69, 9.17) is 11.5 Å². The van der Waals surface area contributed by atoms with Gasteiger partial charge in [0, 0.05) is 87.8 Å². The van der Waals surface area contributed by atoms with Gasteiger partial charge in [-0.3, -0.25) is 53.0 Å². The number of phenolic OH excluding ortho intramolecular Hbond substituents is 1. The maximum Gasteiger partial charge on any atom is 0.246 e. The lowest BCUT2D eigenvalue weighted by molar-refractivity contribution is -0.144. The first kappa shape index (κ1) is 56.2. The second-order valence-corrected chi connectivity index (χ2v) is 20.1. The van der Waals surface area contributed by atoms with E-state index in [0.29, 0.717) is 48.1 Å². The van der Waals surface area contributed by atoms with Crippen LogP contribution in [0.25, 0.3) is 10.9 Å². The minimum Gasteiger partial charge on any atom is -0.508 e. The topological polar surface area (TPSA) is 396 Å². The van der Waals surface area contributed by atoms with Crippen LogP contribution in [-0.4, -0.2) is 213 Å². The van der Waals surface area contributed by atoms with Gasteiger partial charge in [0.2, 0.25) is 53.2 Å². The zero-order chi connectivity index (χ0) is 53.3. The quantitative estimate of drug-likeness (QED) is 0.0997. The number of aromatic nitrogens is 1. The molecule has 2 fully saturated rings. The Labute approximate surface area is 425 Å². The van der Waals surface area contributed by atoms with E-state index < -0.39 is 146 Å². The number of piperazine rings is 1. The molecule has 10 atom stereocenters. The number of fused-ring (bicyclic) bond motifs is 5. The Hall–Kier alpha value is -6.10. The molecule has 16 N–H and O–H groups in total. The van der Waals surface area contributed by atoms with Crippen LogP contribution in [0.1, 0.15) is 51.2 Å². The maximum absolute atomic E-state index is 14.7. The average molecular weight is 1040 g/mol. The number of nitrogens with zero attached hydrogens (tertiary/aromatic N) is 3. The first-order chi connectivity index (χ1) is 34.7. The smallest absolute Gasteiger partial charge is 0.246 e. The van der Waals surface area contributed by atoms with Crippen LogP contribution in [0.3, 0.4) is 0 Å². The van der Waals surface area contributed by atoms with Crippen LogP contribution < -0.4 is 48.7 Å². The van der Waals surface area contributed by atoms with Crippen molar-refractivity contribution in [3.63, 3.8) is 0 Å². The molecule has 0 radical (unpaired) electrons. The lowest BCUT2D eigenvalue weighted by Gasteiger charge is -2.34. The molecule has 9 amide bonds. The molecule has 27 heteroatoms. The summed E-state index contributed by atoms with van der Waals surface area (Å²) in [4.78, 5) is 135. The number of primary amides is 1. The number of carbonyl (C=O) groups excluding carboxylic acids is 9. The fourth-order valence-corrected chi connectivity index (χ4v) is 10.5. The number of hydrogen-bond acceptors (Lipinski definition) is 17. The summed E-state index contributed by atoms with van der Waals surface area (Å²) in [6, 6.07) is -6.33. The van der Waals surface area contributed by atoms with Gasteiger partial charge in [0.1, 0.15) is 42.0 Å². The zero-order valence-corrected chi connectivity index (χ0v) is 41.9. The van der Waals surface area contributed by atoms with Gasteiger partial charge >= 0.3 is 0 Å². The van der Waals surface area contributed by atoms with Gasteiger partial charge in [-0.05, 0) is 23.6 Å². The van der Waals surface area contributed by atoms with Gasteiger partial charge in [-0.25, -0.2) is 0 Å². The molecule has 73 heavy (non-hydrogen) atoms. The van der Waals surface area contributed by atoms with Crippen molar-refractivity contribution in [1.82, 2.24) is 56.9 Å². The van der Waals surface area contributed by atoms with Crippen molar-refractivity contribution in [2.75, 3.05) is 71.3 Å². The van der Waals surface area contributed by atoms with E-state index in [1.54, 1.807) is 19.9 Å². The van der Waals surface area contributed by atoms with Gasteiger partial charge in [-0.1, -0.05) is 27.2 Å². The second-order valence-electron chi connectivity index (χ2n) is 19.1. The van der Waals surface area contributed by atoms with Crippen LogP contribution in [0.5, 0.6) is 5.75 Å². The molecular formula is C46H69N13O13S. The van der Waals surface area contributed by atoms with E-state index in [0.717, 1.165) is 36.3 Å². The highest BCUT2D eigenvalue weighted by molar-refractivity contribution is 7.99. The number of rotatable bonds is 11. The highest BCUT2D eigenvalue weighted by Crippen LogP contribution is 2.37. The van der Waals surface area contributed by atoms with Crippen LogP contribution in [-0.2, 0) is 56.1 Å². The second kappa shape index (κ2) is 25.2. The molecule has 4 aliphatic heterocycles. The molecule has 5 heterocycles. The Morgan fingerprint density at radius 1 is 0.836 bits per heavy atom. The zero-order valence-electron chi connectivity index (χ0n) is 41.1. The van der Waals surface area contributed by atoms with Crippen molar-refractivity contribution in [2.24, 2.45) is 23.3 Å². The molecule has 1 aromatic carbocycles. The van der Waals surface area contributed by atoms with Gasteiger partial charge in [0.15, 0.2) is 0 Å². The van der Waals surface area contributed by atoms with Crippen molar-refractivity contribution in [3.8, 4) is 5.75 Å². The molecule has 2 saturated heterocycles. The van der Waals surface area contributed by atoms with Gasteiger partial charge in [-0.15, -0.1) is 11.8 Å². The standard InChI is InChI=1S/C46H69N13O13S/c1-4-22(2)37-43(70)50-16-35(65)51-30-21-73-45-26(25-5-6-32(62)27(39(25)56-45)19-58-11-9-57(8-7-47)10-12-58)14-28(40(67)49-17-36(66)54-37)52-44(71)38(23(3)33(63)20-60)55-42(69)31-13-24(61)18-59(31)46(72)29(15-34(48)64)53-41(30)68/h5-6,22-24,28-31,33,37-38,56,60-63H,4,7-21,47H2,1-3H3,(H2,48,64)(H,49,67)(H,50,70)(H,51,65)(H,52,71)(H,53,68)(H,54,66)(H,55,69)/t22-,23-,24+,28+,29-,30-,31-,33-,37-,38-/m0/s1. The number of amides is 9. The van der Waals surface area contributed by atoms with Gasteiger partial charge in [0.05, 0.1) is 48.9 Å². The predicted molar refractivity (Wildman–Crippen MR) is 262 cm³/mol. The molecule has 2 bridgehead atoms. The van der Waals surface area contributed by atoms with Crippen LogP contribution in [0, 0.1) is 11.8 Å². The molecule has 4 aliphatic rings. The number of benzene rings is 1. The molecule has 1 aromatic heterocycles. The van der Waals surface area contributed by atoms with Crippen molar-refractivity contribution < 1.29 is 63.6 Å². The number of nitrogens with one attached hydrogen (secondary N) is 8. The minimum absolute atomic E-state index is 0.0682. The number of aromatic amines is 1. The summed E-state index contributed by atoms with van der Waals surface area (Å²) in [6.07, 6.45) is -4.08. The van der Waals surface area contributed by atoms with E-state index in [1.165, 1.54) is 13.0 Å². The predicted octanol–water partition coefficient (Wildman–Crippen LogP) is -5.86. The van der Waals surface area contributed by atoms with Crippen LogP contribution in [0.4, 0.5) is 0 Å². The third-order valence-corrected chi connectivity index (χ3v) is 15.1. The molecular weight excluding hydrogens is 975 g/mol. The lowest BCUT2D eigenvalue weighted by Crippen LogP contribution is -2.62. The van der Waals surface area contributed by atoms with E-state index >= 15 is 0 Å². The first-order valence-corrected chi connectivity index (χ1v) is 25.5. The van der Waals surface area contributed by atoms with Crippen molar-refractivity contribution in [3.05, 3.63) is 23.3 Å². The Bertz CT molecular complexity index is 2400. The number of carbonyl (C=O) groups is 9. The van der Waals surface area contributed by atoms with E-state index in [-0.39, 0.29) is 35.9 Å². The van der Waals surface area contributed by atoms with Gasteiger partial charge in [0.25, 0.3) is 0 Å². The molecule has 26 nitrogen and oxygen atoms in total. The number of thioether (sulfide) groups is 1. The lowest BCUT2D eigenvalue weighted by atomic mass is 9.93. The summed E-state index contributed by atoms with van der Waals surface area (Å²) in [7, 11) is 0. The Morgan fingerprint density at radius 2 is 1.51 bits per heavy atom. The van der Waals surface area contributed by atoms with Gasteiger partial charge < -0.3 is 79.0 Å². The summed E-state index contributed by atoms with van der Waals surface area (Å²) in [5.41, 5.74) is 12.6. The average Bonchev–Trinajstić information content (AvgIpc) is 3.93. The third kappa shape index (κ3) is 13.9. The Balaban J connectivity index is 1.54. The molecule has 0 aliphatic carbocycles. The fraction of sp³-hybridized carbons (Fsp3) is 0.630. The fourth-order valence-electron chi connectivity index (χ4n) is 9.42. The number of aliphatic hydroxyl groups is 3. The van der Waals surface area contributed by atoms with Crippen molar-refractivity contribution >= 4 is 75.8 Å². The molecule has 0 spiro atoms. The minimum atomic E-state index is -1.76. The summed E-state index contributed by atoms with van der Waals surface area (Å²) in [6.45, 7) is 6.27. The largest absolute Gasteiger partial charge is 0.508 e. The van der Waals surface area contributed by atoms with E-state index in [1.807, 2.05) is 0 Å². The number of H-pyrrole nitrogens is 1. The molecule has 0 unspecified atom stereocenters. The molecule has 6 rings (SSSR count). The van der Waals surface area contributed by atoms with E-state index in [9.17, 15) is 63.6 Å². The SMILES string of the molecule is CC[C@H](C)[C@@H]1NC(=O)CNC(=O)[C@H]2Cc3c([nH]c4c(CN5CCN(CCN)CC5)c(O)ccc34)SC[C@H](NC(=O)CNC1=O)C(=O)N[C@@H](CC(N)=O)C(=O)N1C[C@H](O)C[C@H]1C(=O)N[C@@H]([C@@H](C)[C@@H](O)CO)C(=O)N2. The summed E-state index contributed by atoms with van der Waals surface area (Å²) < 4.78 is 0. The molecule has 2 aromatic rings. The first-order valence-electron chi connectivity index (χ1n) is 24.5. The number of phenols is 1. The highest BCUT2D eigenvalue weighted by Gasteiger charge is 2.45. The van der Waals surface area contributed by atoms with Crippen LogP contribution >= 0.6 is 11.8 Å². The summed E-state index contributed by atoms with van der Waals surface area (Å²) in [5.74, 6) is -10.7. The monoisotopic (exact) mass is 1040 g/mol. The van der Waals surface area contributed by atoms with E-state index in [2.05, 4.69) is 52.0 Å². The van der Waals surface area contributed by atoms with Crippen LogP contribution in [0.15, 0.2) is 17.2 Å². The molecule has 402 valence electrons. The summed E-state index contributed by atoms with van der Waals surface area (Å²) in [5, 5.41) is 61.8. The highest BCUT2D eigenvalue weighted by atomic mass is 32.2. The van der Waals surface area contributed by atoms with Gasteiger partial charge in [-0.2, -0.15) is 0 Å². The number of nitrogens with two attached hydrogens (primary N) is 2. The Kier molecular flexibility index (Phi) is 19.4.